The van der Waals surface area contributed by atoms with E-state index < -0.39 is 21.3 Å². The molecule has 0 atom stereocenters. The lowest BCUT2D eigenvalue weighted by molar-refractivity contribution is -0.116. The molecule has 0 bridgehead atoms. The molecule has 1 aromatic rings. The SMILES string of the molecule is CC(C)Oc1ccc(C(=O)C2=C(O)CCCC2=O)c(Cl)c1N=S1(=O)CCCCC1. The fourth-order valence-corrected chi connectivity index (χ4v) is 6.11. The summed E-state index contributed by atoms with van der Waals surface area (Å²) in [4.78, 5) is 25.2. The van der Waals surface area contributed by atoms with Crippen LogP contribution in [0.2, 0.25) is 5.02 Å². The Balaban J connectivity index is 2.13. The number of aliphatic hydroxyl groups excluding tert-OH is 1. The first-order valence-corrected chi connectivity index (χ1v) is 12.2. The average Bonchev–Trinajstić information content (AvgIpc) is 2.64. The number of halogens is 1. The molecule has 1 fully saturated rings. The van der Waals surface area contributed by atoms with Crippen molar-refractivity contribution in [2.45, 2.75) is 58.5 Å². The lowest BCUT2D eigenvalue weighted by atomic mass is 9.90. The van der Waals surface area contributed by atoms with Crippen molar-refractivity contribution in [1.29, 1.82) is 0 Å². The monoisotopic (exact) mass is 439 g/mol. The highest BCUT2D eigenvalue weighted by Gasteiger charge is 2.30. The summed E-state index contributed by atoms with van der Waals surface area (Å²) in [5.41, 5.74) is 0.0158. The molecule has 1 aromatic carbocycles. The topological polar surface area (TPSA) is 93.0 Å². The third-order valence-corrected chi connectivity index (χ3v) is 7.73. The van der Waals surface area contributed by atoms with E-state index in [1.54, 1.807) is 6.07 Å². The summed E-state index contributed by atoms with van der Waals surface area (Å²) in [6, 6.07) is 3.03. The van der Waals surface area contributed by atoms with Crippen LogP contribution in [-0.4, -0.2) is 38.5 Å². The molecular weight excluding hydrogens is 414 g/mol. The van der Waals surface area contributed by atoms with Crippen LogP contribution in [0, 0.1) is 0 Å². The van der Waals surface area contributed by atoms with Crippen LogP contribution in [0.4, 0.5) is 5.69 Å². The molecule has 158 valence electrons. The Kier molecular flexibility index (Phi) is 6.69. The van der Waals surface area contributed by atoms with Crippen LogP contribution in [0.5, 0.6) is 5.75 Å². The van der Waals surface area contributed by atoms with Crippen LogP contribution in [0.3, 0.4) is 0 Å². The van der Waals surface area contributed by atoms with E-state index in [1.165, 1.54) is 6.07 Å². The molecule has 29 heavy (non-hydrogen) atoms. The summed E-state index contributed by atoms with van der Waals surface area (Å²) in [5, 5.41) is 10.1. The smallest absolute Gasteiger partial charge is 0.201 e. The molecule has 0 amide bonds. The third-order valence-electron chi connectivity index (χ3n) is 4.98. The zero-order valence-electron chi connectivity index (χ0n) is 16.7. The molecule has 0 aromatic heterocycles. The number of nitrogens with zero attached hydrogens (tertiary/aromatic N) is 1. The van der Waals surface area contributed by atoms with Crippen LogP contribution < -0.4 is 4.74 Å². The molecule has 1 aliphatic heterocycles. The van der Waals surface area contributed by atoms with Gasteiger partial charge in [0, 0.05) is 29.9 Å². The van der Waals surface area contributed by atoms with E-state index in [1.807, 2.05) is 13.8 Å². The number of carbonyl (C=O) groups is 2. The molecule has 1 aliphatic carbocycles. The number of ether oxygens (including phenoxy) is 1. The van der Waals surface area contributed by atoms with Gasteiger partial charge in [-0.1, -0.05) is 18.0 Å². The summed E-state index contributed by atoms with van der Waals surface area (Å²) in [6.45, 7) is 3.70. The Morgan fingerprint density at radius 3 is 2.48 bits per heavy atom. The summed E-state index contributed by atoms with van der Waals surface area (Å²) in [7, 11) is -2.49. The molecule has 0 spiro atoms. The Morgan fingerprint density at radius 1 is 1.17 bits per heavy atom. The first-order chi connectivity index (χ1) is 13.7. The van der Waals surface area contributed by atoms with E-state index in [0.29, 0.717) is 23.7 Å². The molecule has 8 heteroatoms. The predicted molar refractivity (Wildman–Crippen MR) is 114 cm³/mol. The molecular formula is C21H26ClNO5S. The maximum Gasteiger partial charge on any atom is 0.201 e. The number of benzene rings is 1. The number of hydrogen-bond acceptors (Lipinski definition) is 6. The molecule has 0 radical (unpaired) electrons. The molecule has 1 heterocycles. The second kappa shape index (κ2) is 8.88. The summed E-state index contributed by atoms with van der Waals surface area (Å²) in [6.07, 6.45) is 3.51. The van der Waals surface area contributed by atoms with Gasteiger partial charge in [0.05, 0.1) is 20.9 Å². The highest BCUT2D eigenvalue weighted by atomic mass is 35.5. The van der Waals surface area contributed by atoms with E-state index in [4.69, 9.17) is 16.3 Å². The Morgan fingerprint density at radius 2 is 1.86 bits per heavy atom. The number of rotatable bonds is 5. The zero-order valence-corrected chi connectivity index (χ0v) is 18.3. The Hall–Kier alpha value is -1.86. The lowest BCUT2D eigenvalue weighted by Crippen LogP contribution is -2.20. The van der Waals surface area contributed by atoms with Crippen molar-refractivity contribution in [1.82, 2.24) is 0 Å². The summed E-state index contributed by atoms with van der Waals surface area (Å²) >= 11 is 6.55. The predicted octanol–water partition coefficient (Wildman–Crippen LogP) is 5.16. The highest BCUT2D eigenvalue weighted by Crippen LogP contribution is 2.41. The normalized spacial score (nSPS) is 19.4. The first kappa shape index (κ1) is 21.8. The molecule has 0 unspecified atom stereocenters. The maximum atomic E-state index is 13.2. The number of ketones is 2. The quantitative estimate of drug-likeness (QED) is 0.505. The highest BCUT2D eigenvalue weighted by molar-refractivity contribution is 7.93. The molecule has 3 rings (SSSR count). The van der Waals surface area contributed by atoms with Crippen molar-refractivity contribution in [3.8, 4) is 5.75 Å². The fourth-order valence-electron chi connectivity index (χ4n) is 3.57. The average molecular weight is 440 g/mol. The fraction of sp³-hybridized carbons (Fsp3) is 0.524. The van der Waals surface area contributed by atoms with Crippen LogP contribution in [0.1, 0.15) is 62.7 Å². The van der Waals surface area contributed by atoms with E-state index in [-0.39, 0.29) is 46.6 Å². The minimum absolute atomic E-state index is 0.000113. The maximum absolute atomic E-state index is 13.2. The Labute approximate surface area is 176 Å². The van der Waals surface area contributed by atoms with Gasteiger partial charge in [0.2, 0.25) is 5.78 Å². The molecule has 1 saturated heterocycles. The summed E-state index contributed by atoms with van der Waals surface area (Å²) in [5.74, 6) is 0.0713. The minimum Gasteiger partial charge on any atom is -0.511 e. The van der Waals surface area contributed by atoms with E-state index in [9.17, 15) is 18.9 Å². The minimum atomic E-state index is -2.49. The number of aliphatic hydroxyl groups is 1. The van der Waals surface area contributed by atoms with E-state index >= 15 is 0 Å². The summed E-state index contributed by atoms with van der Waals surface area (Å²) < 4.78 is 23.5. The van der Waals surface area contributed by atoms with Gasteiger partial charge in [-0.05, 0) is 45.2 Å². The number of hydrogen-bond donors (Lipinski definition) is 1. The zero-order chi connectivity index (χ0) is 21.2. The van der Waals surface area contributed by atoms with Gasteiger partial charge in [-0.3, -0.25) is 9.59 Å². The second-order valence-electron chi connectivity index (χ2n) is 7.70. The van der Waals surface area contributed by atoms with Crippen LogP contribution in [0.25, 0.3) is 0 Å². The van der Waals surface area contributed by atoms with Crippen LogP contribution >= 0.6 is 11.6 Å². The van der Waals surface area contributed by atoms with Crippen molar-refractivity contribution >= 4 is 38.6 Å². The Bertz CT molecular complexity index is 977. The van der Waals surface area contributed by atoms with Crippen LogP contribution in [0.15, 0.2) is 27.8 Å². The van der Waals surface area contributed by atoms with Gasteiger partial charge in [0.1, 0.15) is 22.8 Å². The van der Waals surface area contributed by atoms with Gasteiger partial charge in [-0.25, -0.2) is 4.21 Å². The van der Waals surface area contributed by atoms with Crippen molar-refractivity contribution in [2.24, 2.45) is 4.36 Å². The largest absolute Gasteiger partial charge is 0.511 e. The molecule has 6 nitrogen and oxygen atoms in total. The standard InChI is InChI=1S/C21H26ClNO5S/c1-13(2)28-17-10-9-14(21(26)18-15(24)7-6-8-16(18)25)19(22)20(17)23-29(27)11-4-3-5-12-29/h9-10,13,24H,3-8,11-12H2,1-2H3. The molecule has 0 saturated carbocycles. The third kappa shape index (κ3) is 4.83. The van der Waals surface area contributed by atoms with Gasteiger partial charge >= 0.3 is 0 Å². The number of Topliss-reactive ketones (excluding diaryl/α,β-unsaturated/α-hetero) is 2. The number of carbonyl (C=O) groups excluding carboxylic acids is 2. The van der Waals surface area contributed by atoms with Gasteiger partial charge in [0.25, 0.3) is 0 Å². The molecule has 2 aliphatic rings. The van der Waals surface area contributed by atoms with Gasteiger partial charge in [-0.15, -0.1) is 0 Å². The first-order valence-electron chi connectivity index (χ1n) is 9.93. The lowest BCUT2D eigenvalue weighted by Gasteiger charge is -2.19. The van der Waals surface area contributed by atoms with E-state index in [0.717, 1.165) is 19.3 Å². The molecule has 1 N–H and O–H groups in total. The van der Waals surface area contributed by atoms with Crippen molar-refractivity contribution < 1.29 is 23.6 Å². The van der Waals surface area contributed by atoms with Gasteiger partial charge < -0.3 is 9.84 Å². The second-order valence-corrected chi connectivity index (χ2v) is 10.6. The van der Waals surface area contributed by atoms with E-state index in [2.05, 4.69) is 4.36 Å². The van der Waals surface area contributed by atoms with Crippen LogP contribution in [-0.2, 0) is 14.5 Å². The number of allylic oxidation sites excluding steroid dienone is 2. The van der Waals surface area contributed by atoms with Crippen molar-refractivity contribution in [3.63, 3.8) is 0 Å². The van der Waals surface area contributed by atoms with Gasteiger partial charge in [0.15, 0.2) is 5.78 Å². The van der Waals surface area contributed by atoms with Crippen molar-refractivity contribution in [3.05, 3.63) is 34.1 Å². The van der Waals surface area contributed by atoms with Gasteiger partial charge in [-0.2, -0.15) is 4.36 Å². The van der Waals surface area contributed by atoms with Crippen molar-refractivity contribution in [2.75, 3.05) is 11.5 Å².